The molecule has 1 aromatic carbocycles. The largest absolute Gasteiger partial charge is 0.338 e. The zero-order chi connectivity index (χ0) is 16.4. The first-order valence-corrected chi connectivity index (χ1v) is 8.45. The third-order valence-electron chi connectivity index (χ3n) is 4.11. The molecule has 0 saturated carbocycles. The van der Waals surface area contributed by atoms with E-state index in [1.807, 2.05) is 38.2 Å². The van der Waals surface area contributed by atoms with Crippen LogP contribution in [0.5, 0.6) is 0 Å². The maximum absolute atomic E-state index is 12.7. The van der Waals surface area contributed by atoms with Crippen molar-refractivity contribution < 1.29 is 9.32 Å². The van der Waals surface area contributed by atoms with E-state index >= 15 is 0 Å². The highest BCUT2D eigenvalue weighted by molar-refractivity contribution is 9.10. The average molecular weight is 416 g/mol. The van der Waals surface area contributed by atoms with Crippen LogP contribution in [0.4, 0.5) is 5.69 Å². The van der Waals surface area contributed by atoms with Crippen molar-refractivity contribution in [3.05, 3.63) is 40.5 Å². The van der Waals surface area contributed by atoms with Crippen LogP contribution >= 0.6 is 28.3 Å². The summed E-state index contributed by atoms with van der Waals surface area (Å²) in [4.78, 5) is 18.9. The number of aromatic nitrogens is 2. The van der Waals surface area contributed by atoms with Gasteiger partial charge >= 0.3 is 0 Å². The minimum Gasteiger partial charge on any atom is -0.338 e. The van der Waals surface area contributed by atoms with Crippen LogP contribution in [0.2, 0.25) is 0 Å². The smallest absolute Gasteiger partial charge is 0.239 e. The van der Waals surface area contributed by atoms with Gasteiger partial charge in [-0.3, -0.25) is 4.79 Å². The van der Waals surface area contributed by atoms with E-state index in [0.717, 1.165) is 10.2 Å². The third-order valence-corrected chi connectivity index (χ3v) is 4.78. The zero-order valence-corrected chi connectivity index (χ0v) is 15.9. The van der Waals surface area contributed by atoms with E-state index < -0.39 is 0 Å². The summed E-state index contributed by atoms with van der Waals surface area (Å²) in [7, 11) is 1.89. The Morgan fingerprint density at radius 1 is 1.46 bits per heavy atom. The summed E-state index contributed by atoms with van der Waals surface area (Å²) in [5.74, 6) is 0.707. The normalized spacial score (nSPS) is 18.5. The number of carbonyl (C=O) groups excluding carboxylic acids is 1. The van der Waals surface area contributed by atoms with Crippen LogP contribution in [0.15, 0.2) is 33.3 Å². The molecule has 0 aliphatic carbocycles. The fourth-order valence-corrected chi connectivity index (χ4v) is 3.19. The Bertz CT molecular complexity index is 709. The number of anilines is 1. The Labute approximate surface area is 155 Å². The summed E-state index contributed by atoms with van der Waals surface area (Å²) in [6.07, 6.45) is 1.36. The van der Waals surface area contributed by atoms with Crippen LogP contribution in [-0.2, 0) is 11.2 Å². The fraction of sp³-hybridized carbons (Fsp3) is 0.438. The molecule has 130 valence electrons. The zero-order valence-electron chi connectivity index (χ0n) is 13.5. The molecule has 0 spiro atoms. The van der Waals surface area contributed by atoms with Gasteiger partial charge in [-0.1, -0.05) is 17.3 Å². The first-order chi connectivity index (χ1) is 11.1. The van der Waals surface area contributed by atoms with E-state index in [4.69, 9.17) is 4.52 Å². The number of hydrogen-bond donors (Lipinski definition) is 1. The molecule has 1 N–H and O–H groups in total. The highest BCUT2D eigenvalue weighted by Gasteiger charge is 2.38. The van der Waals surface area contributed by atoms with E-state index in [9.17, 15) is 4.79 Å². The quantitative estimate of drug-likeness (QED) is 0.813. The summed E-state index contributed by atoms with van der Waals surface area (Å²) >= 11 is 3.50. The lowest BCUT2D eigenvalue weighted by molar-refractivity contribution is -0.118. The van der Waals surface area contributed by atoms with Crippen molar-refractivity contribution in [2.24, 2.45) is 0 Å². The van der Waals surface area contributed by atoms with Gasteiger partial charge in [0.2, 0.25) is 11.8 Å². The molecule has 1 amide bonds. The van der Waals surface area contributed by atoms with Crippen LogP contribution in [0.25, 0.3) is 0 Å². The Balaban J connectivity index is 0.00000208. The molecule has 2 unspecified atom stereocenters. The van der Waals surface area contributed by atoms with Gasteiger partial charge in [-0.25, -0.2) is 0 Å². The molecule has 3 rings (SSSR count). The number of nitrogens with zero attached hydrogens (tertiary/aromatic N) is 3. The van der Waals surface area contributed by atoms with Gasteiger partial charge in [0, 0.05) is 23.5 Å². The lowest BCUT2D eigenvalue weighted by atomic mass is 10.1. The van der Waals surface area contributed by atoms with Crippen LogP contribution in [0.3, 0.4) is 0 Å². The predicted molar refractivity (Wildman–Crippen MR) is 97.6 cm³/mol. The molecule has 0 bridgehead atoms. The number of halogens is 2. The number of benzene rings is 1. The fourth-order valence-electron chi connectivity index (χ4n) is 2.69. The number of rotatable bonds is 5. The van der Waals surface area contributed by atoms with E-state index in [0.29, 0.717) is 31.1 Å². The van der Waals surface area contributed by atoms with E-state index in [1.165, 1.54) is 0 Å². The molecule has 2 aromatic rings. The van der Waals surface area contributed by atoms with Crippen molar-refractivity contribution in [3.63, 3.8) is 0 Å². The molecule has 1 saturated heterocycles. The Kier molecular flexibility index (Phi) is 6.37. The maximum Gasteiger partial charge on any atom is 0.239 e. The van der Waals surface area contributed by atoms with Crippen molar-refractivity contribution in [1.29, 1.82) is 0 Å². The highest BCUT2D eigenvalue weighted by atomic mass is 79.9. The topological polar surface area (TPSA) is 71.3 Å². The second-order valence-corrected chi connectivity index (χ2v) is 6.58. The second-order valence-electron chi connectivity index (χ2n) is 5.73. The van der Waals surface area contributed by atoms with Crippen molar-refractivity contribution >= 4 is 39.9 Å². The van der Waals surface area contributed by atoms with E-state index in [1.54, 1.807) is 4.90 Å². The summed E-state index contributed by atoms with van der Waals surface area (Å²) in [6.45, 7) is 2.70. The molecule has 8 heteroatoms. The van der Waals surface area contributed by atoms with Crippen molar-refractivity contribution in [1.82, 2.24) is 15.5 Å². The monoisotopic (exact) mass is 414 g/mol. The van der Waals surface area contributed by atoms with Crippen LogP contribution in [0.1, 0.15) is 31.0 Å². The number of hydrogen-bond acceptors (Lipinski definition) is 5. The maximum atomic E-state index is 12.7. The van der Waals surface area contributed by atoms with E-state index in [2.05, 4.69) is 31.4 Å². The molecule has 2 heterocycles. The SMILES string of the molecule is CNC(C)Cc1noc(C2CCN(c3ccccc3Br)C2=O)n1.Cl. The first kappa shape index (κ1) is 18.9. The van der Waals surface area contributed by atoms with Crippen molar-refractivity contribution in [2.45, 2.75) is 31.7 Å². The number of carbonyl (C=O) groups is 1. The van der Waals surface area contributed by atoms with Crippen molar-refractivity contribution in [2.75, 3.05) is 18.5 Å². The minimum absolute atomic E-state index is 0. The van der Waals surface area contributed by atoms with E-state index in [-0.39, 0.29) is 30.3 Å². The standard InChI is InChI=1S/C16H19BrN4O2.ClH/c1-10(18-2)9-14-19-15(23-20-14)11-7-8-21(16(11)22)13-6-4-3-5-12(13)17;/h3-6,10-11,18H,7-9H2,1-2H3;1H. The molecule has 1 aromatic heterocycles. The van der Waals surface area contributed by atoms with Gasteiger partial charge in [0.1, 0.15) is 5.92 Å². The van der Waals surface area contributed by atoms with Gasteiger partial charge in [0.05, 0.1) is 5.69 Å². The second kappa shape index (κ2) is 8.09. The number of para-hydroxylation sites is 1. The Hall–Kier alpha value is -1.44. The molecule has 0 radical (unpaired) electrons. The molecule has 6 nitrogen and oxygen atoms in total. The highest BCUT2D eigenvalue weighted by Crippen LogP contribution is 2.34. The van der Waals surface area contributed by atoms with Crippen LogP contribution in [0, 0.1) is 0 Å². The van der Waals surface area contributed by atoms with Gasteiger partial charge in [-0.05, 0) is 48.5 Å². The van der Waals surface area contributed by atoms with Gasteiger partial charge in [-0.15, -0.1) is 12.4 Å². The summed E-state index contributed by atoms with van der Waals surface area (Å²) in [5, 5.41) is 7.13. The summed E-state index contributed by atoms with van der Waals surface area (Å²) < 4.78 is 6.24. The van der Waals surface area contributed by atoms with Crippen LogP contribution in [-0.4, -0.2) is 35.7 Å². The van der Waals surface area contributed by atoms with Crippen molar-refractivity contribution in [3.8, 4) is 0 Å². The molecule has 1 fully saturated rings. The molecule has 1 aliphatic rings. The molecular formula is C16H20BrClN4O2. The summed E-state index contributed by atoms with van der Waals surface area (Å²) in [6, 6.07) is 7.97. The van der Waals surface area contributed by atoms with Crippen LogP contribution < -0.4 is 10.2 Å². The predicted octanol–water partition coefficient (Wildman–Crippen LogP) is 2.92. The Morgan fingerprint density at radius 2 is 2.21 bits per heavy atom. The summed E-state index contributed by atoms with van der Waals surface area (Å²) in [5.41, 5.74) is 0.878. The lowest BCUT2D eigenvalue weighted by Crippen LogP contribution is -2.26. The van der Waals surface area contributed by atoms with Gasteiger partial charge < -0.3 is 14.7 Å². The lowest BCUT2D eigenvalue weighted by Gasteiger charge is -2.17. The van der Waals surface area contributed by atoms with Gasteiger partial charge in [0.15, 0.2) is 5.82 Å². The molecular weight excluding hydrogens is 396 g/mol. The number of amides is 1. The molecule has 24 heavy (non-hydrogen) atoms. The average Bonchev–Trinajstić information content (AvgIpc) is 3.14. The third kappa shape index (κ3) is 3.79. The number of likely N-dealkylation sites (N-methyl/N-ethyl adjacent to an activating group) is 1. The molecule has 1 aliphatic heterocycles. The van der Waals surface area contributed by atoms with Gasteiger partial charge in [-0.2, -0.15) is 4.98 Å². The first-order valence-electron chi connectivity index (χ1n) is 7.65. The number of nitrogens with one attached hydrogen (secondary N) is 1. The molecule has 2 atom stereocenters. The Morgan fingerprint density at radius 3 is 2.92 bits per heavy atom. The van der Waals surface area contributed by atoms with Gasteiger partial charge in [0.25, 0.3) is 0 Å². The minimum atomic E-state index is -0.353.